The lowest BCUT2D eigenvalue weighted by Gasteiger charge is -2.34. The molecule has 2 amide bonds. The minimum Gasteiger partial charge on any atom is -0.335 e. The van der Waals surface area contributed by atoms with Crippen LogP contribution in [-0.4, -0.2) is 57.6 Å². The van der Waals surface area contributed by atoms with E-state index in [-0.39, 0.29) is 11.6 Å². The number of aryl methyl sites for hydroxylation is 1. The monoisotopic (exact) mass is 444 g/mol. The maximum Gasteiger partial charge on any atom is 0.278 e. The fourth-order valence-corrected chi connectivity index (χ4v) is 3.98. The molecule has 2 aromatic carbocycles. The van der Waals surface area contributed by atoms with E-state index in [1.807, 2.05) is 54.6 Å². The van der Waals surface area contributed by atoms with E-state index in [9.17, 15) is 14.4 Å². The fraction of sp³-hybridized carbons (Fsp3) is 0.308. The molecule has 33 heavy (non-hydrogen) atoms. The Hall–Kier alpha value is -3.74. The Labute approximate surface area is 193 Å². The predicted octanol–water partition coefficient (Wildman–Crippen LogP) is 3.26. The van der Waals surface area contributed by atoms with Crippen LogP contribution in [0.5, 0.6) is 0 Å². The molecule has 1 aliphatic heterocycles. The SMILES string of the molecule is Cc1cc(=O)c(C(=O)N2CCN(C(=O)c3ccc(C(C)C)cc3)CC2)nn1-c1ccccc1. The van der Waals surface area contributed by atoms with Crippen molar-refractivity contribution in [3.63, 3.8) is 0 Å². The van der Waals surface area contributed by atoms with Crippen molar-refractivity contribution in [2.75, 3.05) is 26.2 Å². The number of carbonyl (C=O) groups excluding carboxylic acids is 2. The van der Waals surface area contributed by atoms with Gasteiger partial charge in [-0.15, -0.1) is 0 Å². The van der Waals surface area contributed by atoms with Crippen molar-refractivity contribution in [1.82, 2.24) is 19.6 Å². The van der Waals surface area contributed by atoms with Gasteiger partial charge in [-0.25, -0.2) is 4.68 Å². The lowest BCUT2D eigenvalue weighted by molar-refractivity contribution is 0.0530. The second-order valence-electron chi connectivity index (χ2n) is 8.61. The molecule has 0 spiro atoms. The summed E-state index contributed by atoms with van der Waals surface area (Å²) in [6, 6.07) is 18.5. The standard InChI is InChI=1S/C26H28N4O3/c1-18(2)20-9-11-21(12-10-20)25(32)28-13-15-29(16-14-28)26(33)24-23(31)17-19(3)30(27-24)22-7-5-4-6-8-22/h4-12,17-18H,13-16H2,1-3H3. The molecular formula is C26H28N4O3. The van der Waals surface area contributed by atoms with Gasteiger partial charge >= 0.3 is 0 Å². The minimum absolute atomic E-state index is 0.0442. The first-order valence-corrected chi connectivity index (χ1v) is 11.2. The first-order chi connectivity index (χ1) is 15.8. The van der Waals surface area contributed by atoms with Gasteiger partial charge in [0, 0.05) is 43.5 Å². The van der Waals surface area contributed by atoms with Crippen LogP contribution in [0.15, 0.2) is 65.5 Å². The van der Waals surface area contributed by atoms with Crippen molar-refractivity contribution < 1.29 is 9.59 Å². The summed E-state index contributed by atoms with van der Waals surface area (Å²) < 4.78 is 1.61. The number of para-hydroxylation sites is 1. The van der Waals surface area contributed by atoms with E-state index in [0.29, 0.717) is 43.4 Å². The Morgan fingerprint density at radius 2 is 1.42 bits per heavy atom. The molecule has 1 saturated heterocycles. The van der Waals surface area contributed by atoms with Gasteiger partial charge in [0.05, 0.1) is 5.69 Å². The van der Waals surface area contributed by atoms with Crippen LogP contribution in [0.3, 0.4) is 0 Å². The fourth-order valence-electron chi connectivity index (χ4n) is 3.98. The predicted molar refractivity (Wildman–Crippen MR) is 127 cm³/mol. The summed E-state index contributed by atoms with van der Waals surface area (Å²) in [5.74, 6) is -0.0408. The number of amides is 2. The van der Waals surface area contributed by atoms with Gasteiger partial charge in [0.25, 0.3) is 11.8 Å². The molecule has 0 unspecified atom stereocenters. The zero-order valence-corrected chi connectivity index (χ0v) is 19.2. The summed E-state index contributed by atoms with van der Waals surface area (Å²) in [5.41, 5.74) is 2.77. The number of aromatic nitrogens is 2. The average molecular weight is 445 g/mol. The molecule has 3 aromatic rings. The van der Waals surface area contributed by atoms with E-state index in [1.54, 1.807) is 21.4 Å². The van der Waals surface area contributed by atoms with Crippen molar-refractivity contribution in [2.45, 2.75) is 26.7 Å². The van der Waals surface area contributed by atoms with Crippen LogP contribution in [0, 0.1) is 6.92 Å². The quantitative estimate of drug-likeness (QED) is 0.619. The van der Waals surface area contributed by atoms with Gasteiger partial charge in [-0.2, -0.15) is 5.10 Å². The van der Waals surface area contributed by atoms with Crippen molar-refractivity contribution in [3.8, 4) is 5.69 Å². The molecule has 1 fully saturated rings. The Balaban J connectivity index is 1.46. The van der Waals surface area contributed by atoms with Crippen LogP contribution < -0.4 is 5.43 Å². The molecule has 4 rings (SSSR count). The van der Waals surface area contributed by atoms with E-state index < -0.39 is 11.3 Å². The van der Waals surface area contributed by atoms with Gasteiger partial charge in [0.15, 0.2) is 5.69 Å². The number of hydrogen-bond donors (Lipinski definition) is 0. The topological polar surface area (TPSA) is 75.5 Å². The van der Waals surface area contributed by atoms with Crippen LogP contribution in [0.1, 0.15) is 51.9 Å². The lowest BCUT2D eigenvalue weighted by atomic mass is 10.0. The van der Waals surface area contributed by atoms with Crippen molar-refractivity contribution in [2.24, 2.45) is 0 Å². The molecule has 0 saturated carbocycles. The van der Waals surface area contributed by atoms with E-state index in [2.05, 4.69) is 18.9 Å². The van der Waals surface area contributed by atoms with E-state index in [0.717, 1.165) is 5.69 Å². The van der Waals surface area contributed by atoms with E-state index in [4.69, 9.17) is 0 Å². The third-order valence-electron chi connectivity index (χ3n) is 5.99. The zero-order chi connectivity index (χ0) is 23.5. The summed E-state index contributed by atoms with van der Waals surface area (Å²) in [6.45, 7) is 7.55. The molecule has 7 heteroatoms. The lowest BCUT2D eigenvalue weighted by Crippen LogP contribution is -2.51. The number of rotatable bonds is 4. The van der Waals surface area contributed by atoms with Crippen molar-refractivity contribution in [3.05, 3.63) is 93.4 Å². The van der Waals surface area contributed by atoms with Gasteiger partial charge in [0.2, 0.25) is 5.43 Å². The molecule has 0 atom stereocenters. The summed E-state index contributed by atoms with van der Waals surface area (Å²) in [6.07, 6.45) is 0. The maximum absolute atomic E-state index is 13.1. The zero-order valence-electron chi connectivity index (χ0n) is 19.2. The Morgan fingerprint density at radius 1 is 0.848 bits per heavy atom. The molecule has 0 bridgehead atoms. The third kappa shape index (κ3) is 4.72. The minimum atomic E-state index is -0.405. The molecule has 1 aromatic heterocycles. The maximum atomic E-state index is 13.1. The number of piperazine rings is 1. The van der Waals surface area contributed by atoms with Crippen molar-refractivity contribution >= 4 is 11.8 Å². The van der Waals surface area contributed by atoms with Crippen LogP contribution >= 0.6 is 0 Å². The van der Waals surface area contributed by atoms with Gasteiger partial charge in [0.1, 0.15) is 0 Å². The molecular weight excluding hydrogens is 416 g/mol. The van der Waals surface area contributed by atoms with Crippen LogP contribution in [-0.2, 0) is 0 Å². The highest BCUT2D eigenvalue weighted by molar-refractivity contribution is 5.95. The normalized spacial score (nSPS) is 13.9. The molecule has 0 radical (unpaired) electrons. The number of benzene rings is 2. The van der Waals surface area contributed by atoms with Crippen LogP contribution in [0.2, 0.25) is 0 Å². The number of nitrogens with zero attached hydrogens (tertiary/aromatic N) is 4. The summed E-state index contributed by atoms with van der Waals surface area (Å²) in [7, 11) is 0. The van der Waals surface area contributed by atoms with Gasteiger partial charge in [-0.05, 0) is 42.7 Å². The summed E-state index contributed by atoms with van der Waals surface area (Å²) >= 11 is 0. The average Bonchev–Trinajstić information content (AvgIpc) is 2.84. The second-order valence-corrected chi connectivity index (χ2v) is 8.61. The molecule has 0 aliphatic carbocycles. The molecule has 1 aliphatic rings. The first kappa shape index (κ1) is 22.5. The Bertz CT molecular complexity index is 1210. The Kier molecular flexibility index (Phi) is 6.40. The highest BCUT2D eigenvalue weighted by atomic mass is 16.2. The van der Waals surface area contributed by atoms with Gasteiger partial charge in [-0.3, -0.25) is 14.4 Å². The molecule has 2 heterocycles. The smallest absolute Gasteiger partial charge is 0.278 e. The third-order valence-corrected chi connectivity index (χ3v) is 5.99. The highest BCUT2D eigenvalue weighted by Gasteiger charge is 2.28. The second kappa shape index (κ2) is 9.40. The van der Waals surface area contributed by atoms with Crippen LogP contribution in [0.25, 0.3) is 5.69 Å². The first-order valence-electron chi connectivity index (χ1n) is 11.2. The summed E-state index contributed by atoms with van der Waals surface area (Å²) in [5, 5.41) is 4.37. The number of hydrogen-bond acceptors (Lipinski definition) is 4. The van der Waals surface area contributed by atoms with Gasteiger partial charge < -0.3 is 9.80 Å². The molecule has 0 N–H and O–H groups in total. The van der Waals surface area contributed by atoms with Gasteiger partial charge in [-0.1, -0.05) is 44.2 Å². The largest absolute Gasteiger partial charge is 0.335 e. The Morgan fingerprint density at radius 3 is 2.00 bits per heavy atom. The summed E-state index contributed by atoms with van der Waals surface area (Å²) in [4.78, 5) is 41.9. The van der Waals surface area contributed by atoms with E-state index in [1.165, 1.54) is 11.6 Å². The molecule has 7 nitrogen and oxygen atoms in total. The van der Waals surface area contributed by atoms with Crippen LogP contribution in [0.4, 0.5) is 0 Å². The number of carbonyl (C=O) groups is 2. The highest BCUT2D eigenvalue weighted by Crippen LogP contribution is 2.17. The van der Waals surface area contributed by atoms with E-state index >= 15 is 0 Å². The van der Waals surface area contributed by atoms with Crippen molar-refractivity contribution in [1.29, 1.82) is 0 Å². The molecule has 170 valence electrons.